The highest BCUT2D eigenvalue weighted by Gasteiger charge is 2.18. The number of nitrogens with zero attached hydrogens (tertiary/aromatic N) is 5. The summed E-state index contributed by atoms with van der Waals surface area (Å²) in [7, 11) is 0. The molecule has 3 rings (SSSR count). The van der Waals surface area contributed by atoms with Gasteiger partial charge in [-0.25, -0.2) is 9.97 Å². The summed E-state index contributed by atoms with van der Waals surface area (Å²) in [6, 6.07) is 6.15. The van der Waals surface area contributed by atoms with Crippen molar-refractivity contribution in [1.29, 1.82) is 0 Å². The van der Waals surface area contributed by atoms with Gasteiger partial charge < -0.3 is 15.5 Å². The molecule has 0 aromatic carbocycles. The Kier molecular flexibility index (Phi) is 8.05. The second-order valence-electron chi connectivity index (χ2n) is 6.94. The summed E-state index contributed by atoms with van der Waals surface area (Å²) in [5, 5.41) is 8.95. The van der Waals surface area contributed by atoms with Gasteiger partial charge in [-0.2, -0.15) is 0 Å². The molecule has 152 valence electrons. The van der Waals surface area contributed by atoms with Gasteiger partial charge in [-0.1, -0.05) is 13.0 Å². The van der Waals surface area contributed by atoms with Crippen LogP contribution in [0.2, 0.25) is 0 Å². The number of thiophene rings is 1. The molecule has 1 unspecified atom stereocenters. The molecule has 28 heavy (non-hydrogen) atoms. The molecule has 0 amide bonds. The molecule has 0 spiro atoms. The van der Waals surface area contributed by atoms with Gasteiger partial charge in [0.2, 0.25) is 5.95 Å². The van der Waals surface area contributed by atoms with Crippen LogP contribution in [0.4, 0.5) is 5.95 Å². The highest BCUT2D eigenvalue weighted by Crippen LogP contribution is 2.20. The van der Waals surface area contributed by atoms with Crippen molar-refractivity contribution < 1.29 is 0 Å². The zero-order valence-electron chi connectivity index (χ0n) is 16.8. The molecule has 1 atom stereocenters. The average molecular weight is 402 g/mol. The SMILES string of the molecule is CCNC(=NCC(C)c1cccs1)NCCN1CCN(c2ncccn2)CC1. The smallest absolute Gasteiger partial charge is 0.225 e. The standard InChI is InChI=1S/C20H31N7S/c1-3-21-19(25-16-17(2)18-6-4-15-28-18)22-9-10-26-11-13-27(14-12-26)20-23-7-5-8-24-20/h4-8,15,17H,3,9-14,16H2,1-2H3,(H2,21,22,25). The highest BCUT2D eigenvalue weighted by molar-refractivity contribution is 7.10. The lowest BCUT2D eigenvalue weighted by Gasteiger charge is -2.34. The van der Waals surface area contributed by atoms with E-state index in [0.717, 1.165) is 64.3 Å². The fourth-order valence-electron chi connectivity index (χ4n) is 3.19. The summed E-state index contributed by atoms with van der Waals surface area (Å²) in [4.78, 5) is 19.6. The molecule has 8 heteroatoms. The lowest BCUT2D eigenvalue weighted by molar-refractivity contribution is 0.260. The third kappa shape index (κ3) is 6.17. The first-order valence-corrected chi connectivity index (χ1v) is 10.9. The molecule has 7 nitrogen and oxygen atoms in total. The maximum Gasteiger partial charge on any atom is 0.225 e. The topological polar surface area (TPSA) is 68.7 Å². The third-order valence-corrected chi connectivity index (χ3v) is 5.93. The molecule has 0 radical (unpaired) electrons. The van der Waals surface area contributed by atoms with E-state index in [1.165, 1.54) is 4.88 Å². The van der Waals surface area contributed by atoms with Crippen molar-refractivity contribution in [1.82, 2.24) is 25.5 Å². The number of nitrogens with one attached hydrogen (secondary N) is 2. The molecule has 3 heterocycles. The summed E-state index contributed by atoms with van der Waals surface area (Å²) in [6.07, 6.45) is 3.61. The quantitative estimate of drug-likeness (QED) is 0.521. The van der Waals surface area contributed by atoms with Crippen LogP contribution in [0.15, 0.2) is 41.0 Å². The van der Waals surface area contributed by atoms with Crippen molar-refractivity contribution in [3.8, 4) is 0 Å². The first-order chi connectivity index (χ1) is 13.8. The zero-order valence-corrected chi connectivity index (χ0v) is 17.7. The van der Waals surface area contributed by atoms with E-state index in [4.69, 9.17) is 4.99 Å². The molecule has 0 bridgehead atoms. The fourth-order valence-corrected chi connectivity index (χ4v) is 3.97. The number of aliphatic imine (C=N–C) groups is 1. The Morgan fingerprint density at radius 3 is 2.64 bits per heavy atom. The van der Waals surface area contributed by atoms with Gasteiger partial charge in [0.15, 0.2) is 5.96 Å². The molecule has 0 aliphatic carbocycles. The molecule has 1 aliphatic rings. The summed E-state index contributed by atoms with van der Waals surface area (Å²) in [5.41, 5.74) is 0. The van der Waals surface area contributed by atoms with Crippen molar-refractivity contribution in [2.45, 2.75) is 19.8 Å². The van der Waals surface area contributed by atoms with E-state index in [0.29, 0.717) is 5.92 Å². The maximum atomic E-state index is 4.76. The average Bonchev–Trinajstić information content (AvgIpc) is 3.28. The van der Waals surface area contributed by atoms with Crippen LogP contribution in [0.5, 0.6) is 0 Å². The number of hydrogen-bond acceptors (Lipinski definition) is 6. The number of hydrogen-bond donors (Lipinski definition) is 2. The van der Waals surface area contributed by atoms with E-state index in [9.17, 15) is 0 Å². The Bertz CT molecular complexity index is 697. The number of rotatable bonds is 8. The first-order valence-electron chi connectivity index (χ1n) is 10.1. The van der Waals surface area contributed by atoms with Crippen LogP contribution in [0.1, 0.15) is 24.6 Å². The second-order valence-corrected chi connectivity index (χ2v) is 7.92. The minimum Gasteiger partial charge on any atom is -0.357 e. The van der Waals surface area contributed by atoms with Gasteiger partial charge in [0.25, 0.3) is 0 Å². The van der Waals surface area contributed by atoms with Gasteiger partial charge in [-0.05, 0) is 24.4 Å². The van der Waals surface area contributed by atoms with Crippen LogP contribution >= 0.6 is 11.3 Å². The van der Waals surface area contributed by atoms with E-state index in [-0.39, 0.29) is 0 Å². The van der Waals surface area contributed by atoms with Gasteiger partial charge in [-0.15, -0.1) is 11.3 Å². The zero-order chi connectivity index (χ0) is 19.6. The van der Waals surface area contributed by atoms with E-state index in [2.05, 4.69) is 61.8 Å². The second kappa shape index (κ2) is 11.0. The summed E-state index contributed by atoms with van der Waals surface area (Å²) in [6.45, 7) is 11.9. The third-order valence-electron chi connectivity index (χ3n) is 4.82. The number of anilines is 1. The van der Waals surface area contributed by atoms with E-state index >= 15 is 0 Å². The molecule has 2 aromatic heterocycles. The summed E-state index contributed by atoms with van der Waals surface area (Å²) < 4.78 is 0. The minimum atomic E-state index is 0.448. The molecular formula is C20H31N7S. The van der Waals surface area contributed by atoms with Crippen LogP contribution in [-0.4, -0.2) is 73.2 Å². The van der Waals surface area contributed by atoms with Crippen LogP contribution in [0, 0.1) is 0 Å². The molecular weight excluding hydrogens is 370 g/mol. The normalized spacial score (nSPS) is 16.8. The lowest BCUT2D eigenvalue weighted by Crippen LogP contribution is -2.49. The number of piperazine rings is 1. The number of guanidine groups is 1. The Morgan fingerprint density at radius 2 is 1.96 bits per heavy atom. The van der Waals surface area contributed by atoms with Crippen molar-refractivity contribution in [3.05, 3.63) is 40.8 Å². The van der Waals surface area contributed by atoms with E-state index in [1.807, 2.05) is 6.07 Å². The molecule has 2 N–H and O–H groups in total. The van der Waals surface area contributed by atoms with Crippen molar-refractivity contribution in [2.75, 3.05) is 57.3 Å². The summed E-state index contributed by atoms with van der Waals surface area (Å²) >= 11 is 1.80. The van der Waals surface area contributed by atoms with Crippen LogP contribution in [0.3, 0.4) is 0 Å². The van der Waals surface area contributed by atoms with E-state index < -0.39 is 0 Å². The van der Waals surface area contributed by atoms with E-state index in [1.54, 1.807) is 23.7 Å². The molecule has 1 aliphatic heterocycles. The Morgan fingerprint density at radius 1 is 1.18 bits per heavy atom. The van der Waals surface area contributed by atoms with Crippen LogP contribution in [-0.2, 0) is 0 Å². The largest absolute Gasteiger partial charge is 0.357 e. The predicted molar refractivity (Wildman–Crippen MR) is 117 cm³/mol. The first kappa shape index (κ1) is 20.5. The summed E-state index contributed by atoms with van der Waals surface area (Å²) in [5.74, 6) is 2.19. The highest BCUT2D eigenvalue weighted by atomic mass is 32.1. The van der Waals surface area contributed by atoms with Crippen molar-refractivity contribution in [3.63, 3.8) is 0 Å². The Labute approximate surface area is 171 Å². The van der Waals surface area contributed by atoms with Crippen LogP contribution < -0.4 is 15.5 Å². The monoisotopic (exact) mass is 401 g/mol. The van der Waals surface area contributed by atoms with Gasteiger partial charge in [-0.3, -0.25) is 9.89 Å². The molecule has 2 aromatic rings. The van der Waals surface area contributed by atoms with Gasteiger partial charge >= 0.3 is 0 Å². The van der Waals surface area contributed by atoms with Gasteiger partial charge in [0, 0.05) is 69.0 Å². The van der Waals surface area contributed by atoms with Crippen molar-refractivity contribution >= 4 is 23.2 Å². The van der Waals surface area contributed by atoms with Gasteiger partial charge in [0.05, 0.1) is 6.54 Å². The predicted octanol–water partition coefficient (Wildman–Crippen LogP) is 2.02. The van der Waals surface area contributed by atoms with Gasteiger partial charge in [0.1, 0.15) is 0 Å². The lowest BCUT2D eigenvalue weighted by atomic mass is 10.1. The minimum absolute atomic E-state index is 0.448. The Balaban J connectivity index is 1.39. The fraction of sp³-hybridized carbons (Fsp3) is 0.550. The molecule has 0 saturated carbocycles. The van der Waals surface area contributed by atoms with Crippen LogP contribution in [0.25, 0.3) is 0 Å². The number of aromatic nitrogens is 2. The van der Waals surface area contributed by atoms with Crippen molar-refractivity contribution in [2.24, 2.45) is 4.99 Å². The molecule has 1 fully saturated rings. The maximum absolute atomic E-state index is 4.76. The molecule has 1 saturated heterocycles. The Hall–Kier alpha value is -2.19.